The molecule has 1 unspecified atom stereocenters. The summed E-state index contributed by atoms with van der Waals surface area (Å²) in [5.74, 6) is 0. The first-order valence-corrected chi connectivity index (χ1v) is 6.08. The summed E-state index contributed by atoms with van der Waals surface area (Å²) in [5, 5.41) is 3.49. The first-order chi connectivity index (χ1) is 7.31. The molecule has 0 saturated carbocycles. The van der Waals surface area contributed by atoms with Gasteiger partial charge in [-0.3, -0.25) is 0 Å². The molecule has 4 heteroatoms. The van der Waals surface area contributed by atoms with Crippen molar-refractivity contribution in [2.75, 3.05) is 32.7 Å². The largest absolute Gasteiger partial charge is 0.323 e. The molecule has 0 aromatic heterocycles. The summed E-state index contributed by atoms with van der Waals surface area (Å²) < 4.78 is 0. The van der Waals surface area contributed by atoms with Gasteiger partial charge < -0.3 is 15.1 Å². The summed E-state index contributed by atoms with van der Waals surface area (Å²) in [4.78, 5) is 15.7. The third-order valence-corrected chi connectivity index (χ3v) is 3.42. The van der Waals surface area contributed by atoms with Crippen molar-refractivity contribution < 1.29 is 4.79 Å². The standard InChI is InChI=1S/C11H21N3O/c1-2-13-7-8-14(11(13)15)9-10-5-3-4-6-12-10/h10,12H,2-9H2,1H3. The lowest BCUT2D eigenvalue weighted by molar-refractivity contribution is 0.186. The molecule has 2 aliphatic heterocycles. The maximum atomic E-state index is 11.8. The van der Waals surface area contributed by atoms with Gasteiger partial charge >= 0.3 is 6.03 Å². The molecule has 4 nitrogen and oxygen atoms in total. The number of carbonyl (C=O) groups is 1. The molecule has 15 heavy (non-hydrogen) atoms. The Morgan fingerprint density at radius 1 is 1.33 bits per heavy atom. The molecular formula is C11H21N3O. The Hall–Kier alpha value is -0.770. The van der Waals surface area contributed by atoms with Crippen LogP contribution in [-0.2, 0) is 0 Å². The van der Waals surface area contributed by atoms with Crippen molar-refractivity contribution in [1.82, 2.24) is 15.1 Å². The van der Waals surface area contributed by atoms with Gasteiger partial charge in [0.15, 0.2) is 0 Å². The first-order valence-electron chi connectivity index (χ1n) is 6.08. The van der Waals surface area contributed by atoms with Crippen LogP contribution in [0.25, 0.3) is 0 Å². The zero-order valence-electron chi connectivity index (χ0n) is 9.54. The van der Waals surface area contributed by atoms with Crippen LogP contribution in [0.2, 0.25) is 0 Å². The molecular weight excluding hydrogens is 190 g/mol. The number of hydrogen-bond acceptors (Lipinski definition) is 2. The van der Waals surface area contributed by atoms with Gasteiger partial charge in [-0.25, -0.2) is 4.79 Å². The Balaban J connectivity index is 1.82. The van der Waals surface area contributed by atoms with E-state index in [4.69, 9.17) is 0 Å². The summed E-state index contributed by atoms with van der Waals surface area (Å²) in [6.45, 7) is 6.71. The van der Waals surface area contributed by atoms with Crippen LogP contribution in [0.15, 0.2) is 0 Å². The molecule has 2 heterocycles. The van der Waals surface area contributed by atoms with Crippen molar-refractivity contribution in [2.45, 2.75) is 32.2 Å². The third kappa shape index (κ3) is 2.43. The molecule has 0 bridgehead atoms. The number of rotatable bonds is 3. The van der Waals surface area contributed by atoms with E-state index in [1.807, 2.05) is 16.7 Å². The van der Waals surface area contributed by atoms with Crippen LogP contribution in [0.5, 0.6) is 0 Å². The van der Waals surface area contributed by atoms with E-state index in [9.17, 15) is 4.79 Å². The van der Waals surface area contributed by atoms with Gasteiger partial charge in [0.2, 0.25) is 0 Å². The Kier molecular flexibility index (Phi) is 3.46. The van der Waals surface area contributed by atoms with E-state index in [-0.39, 0.29) is 6.03 Å². The molecule has 0 aromatic carbocycles. The number of nitrogens with one attached hydrogen (secondary N) is 1. The normalized spacial score (nSPS) is 27.5. The lowest BCUT2D eigenvalue weighted by atomic mass is 10.0. The van der Waals surface area contributed by atoms with Gasteiger partial charge in [0, 0.05) is 32.2 Å². The molecule has 2 aliphatic rings. The van der Waals surface area contributed by atoms with E-state index >= 15 is 0 Å². The molecule has 0 aromatic rings. The van der Waals surface area contributed by atoms with Gasteiger partial charge in [-0.1, -0.05) is 6.42 Å². The zero-order chi connectivity index (χ0) is 10.7. The number of amides is 2. The average molecular weight is 211 g/mol. The van der Waals surface area contributed by atoms with Crippen LogP contribution in [0.3, 0.4) is 0 Å². The van der Waals surface area contributed by atoms with Crippen LogP contribution in [0, 0.1) is 0 Å². The van der Waals surface area contributed by atoms with E-state index < -0.39 is 0 Å². The fourth-order valence-corrected chi connectivity index (χ4v) is 2.44. The van der Waals surface area contributed by atoms with Crippen molar-refractivity contribution in [1.29, 1.82) is 0 Å². The van der Waals surface area contributed by atoms with Gasteiger partial charge in [-0.05, 0) is 26.3 Å². The van der Waals surface area contributed by atoms with Crippen molar-refractivity contribution in [3.63, 3.8) is 0 Å². The van der Waals surface area contributed by atoms with Gasteiger partial charge in [0.25, 0.3) is 0 Å². The highest BCUT2D eigenvalue weighted by atomic mass is 16.2. The van der Waals surface area contributed by atoms with Crippen LogP contribution in [0.1, 0.15) is 26.2 Å². The number of nitrogens with zero attached hydrogens (tertiary/aromatic N) is 2. The maximum absolute atomic E-state index is 11.8. The van der Waals surface area contributed by atoms with Gasteiger partial charge in [0.05, 0.1) is 0 Å². The van der Waals surface area contributed by atoms with E-state index in [1.165, 1.54) is 19.3 Å². The van der Waals surface area contributed by atoms with Gasteiger partial charge in [-0.15, -0.1) is 0 Å². The Morgan fingerprint density at radius 3 is 2.73 bits per heavy atom. The number of hydrogen-bond donors (Lipinski definition) is 1. The summed E-state index contributed by atoms with van der Waals surface area (Å²) in [7, 11) is 0. The molecule has 2 amide bonds. The molecule has 0 radical (unpaired) electrons. The predicted octanol–water partition coefficient (Wildman–Crippen LogP) is 0.886. The number of carbonyl (C=O) groups excluding carboxylic acids is 1. The summed E-state index contributed by atoms with van der Waals surface area (Å²) >= 11 is 0. The second kappa shape index (κ2) is 4.84. The third-order valence-electron chi connectivity index (χ3n) is 3.42. The molecule has 0 aliphatic carbocycles. The number of piperidine rings is 1. The quantitative estimate of drug-likeness (QED) is 0.752. The highest BCUT2D eigenvalue weighted by molar-refractivity contribution is 5.76. The first kappa shape index (κ1) is 10.7. The van der Waals surface area contributed by atoms with Crippen molar-refractivity contribution >= 4 is 6.03 Å². The second-order valence-electron chi connectivity index (χ2n) is 4.46. The van der Waals surface area contributed by atoms with Crippen LogP contribution in [0.4, 0.5) is 4.79 Å². The monoisotopic (exact) mass is 211 g/mol. The van der Waals surface area contributed by atoms with E-state index in [2.05, 4.69) is 5.32 Å². The summed E-state index contributed by atoms with van der Waals surface area (Å²) in [6.07, 6.45) is 3.80. The highest BCUT2D eigenvalue weighted by Gasteiger charge is 2.29. The Labute approximate surface area is 91.6 Å². The summed E-state index contributed by atoms with van der Waals surface area (Å²) in [5.41, 5.74) is 0. The van der Waals surface area contributed by atoms with E-state index in [0.717, 1.165) is 32.7 Å². The van der Waals surface area contributed by atoms with Gasteiger partial charge in [0.1, 0.15) is 0 Å². The van der Waals surface area contributed by atoms with E-state index in [0.29, 0.717) is 6.04 Å². The van der Waals surface area contributed by atoms with E-state index in [1.54, 1.807) is 0 Å². The molecule has 2 saturated heterocycles. The zero-order valence-corrected chi connectivity index (χ0v) is 9.54. The fraction of sp³-hybridized carbons (Fsp3) is 0.909. The number of urea groups is 1. The minimum absolute atomic E-state index is 0.227. The molecule has 1 N–H and O–H groups in total. The predicted molar refractivity (Wildman–Crippen MR) is 59.9 cm³/mol. The van der Waals surface area contributed by atoms with Crippen molar-refractivity contribution in [2.24, 2.45) is 0 Å². The molecule has 0 spiro atoms. The van der Waals surface area contributed by atoms with Crippen LogP contribution < -0.4 is 5.32 Å². The average Bonchev–Trinajstić information content (AvgIpc) is 2.62. The topological polar surface area (TPSA) is 35.6 Å². The smallest absolute Gasteiger partial charge is 0.320 e. The number of likely N-dealkylation sites (N-methyl/N-ethyl adjacent to an activating group) is 1. The van der Waals surface area contributed by atoms with Crippen LogP contribution >= 0.6 is 0 Å². The minimum atomic E-state index is 0.227. The van der Waals surface area contributed by atoms with Crippen LogP contribution in [-0.4, -0.2) is 54.6 Å². The fourth-order valence-electron chi connectivity index (χ4n) is 2.44. The SMILES string of the molecule is CCN1CCN(CC2CCCCN2)C1=O. The molecule has 2 rings (SSSR count). The second-order valence-corrected chi connectivity index (χ2v) is 4.46. The van der Waals surface area contributed by atoms with Gasteiger partial charge in [-0.2, -0.15) is 0 Å². The summed E-state index contributed by atoms with van der Waals surface area (Å²) in [6, 6.07) is 0.754. The van der Waals surface area contributed by atoms with Crippen molar-refractivity contribution in [3.05, 3.63) is 0 Å². The van der Waals surface area contributed by atoms with Crippen molar-refractivity contribution in [3.8, 4) is 0 Å². The molecule has 1 atom stereocenters. The Morgan fingerprint density at radius 2 is 2.13 bits per heavy atom. The lowest BCUT2D eigenvalue weighted by Gasteiger charge is -2.27. The Bertz CT molecular complexity index is 226. The highest BCUT2D eigenvalue weighted by Crippen LogP contribution is 2.13. The lowest BCUT2D eigenvalue weighted by Crippen LogP contribution is -2.45. The maximum Gasteiger partial charge on any atom is 0.320 e. The molecule has 86 valence electrons. The minimum Gasteiger partial charge on any atom is -0.323 e. The molecule has 2 fully saturated rings.